The van der Waals surface area contributed by atoms with E-state index in [0.717, 1.165) is 50.7 Å². The molecule has 2 atom stereocenters. The molecule has 4 nitrogen and oxygen atoms in total. The molecule has 0 aromatic heterocycles. The summed E-state index contributed by atoms with van der Waals surface area (Å²) >= 11 is 6.09. The van der Waals surface area contributed by atoms with Gasteiger partial charge in [0.25, 0.3) is 0 Å². The zero-order valence-electron chi connectivity index (χ0n) is 12.7. The lowest BCUT2D eigenvalue weighted by Crippen LogP contribution is -2.61. The van der Waals surface area contributed by atoms with E-state index >= 15 is 0 Å². The van der Waals surface area contributed by atoms with Crippen molar-refractivity contribution < 1.29 is 0 Å². The molecule has 1 aromatic carbocycles. The fraction of sp³-hybridized carbons (Fsp3) is 0.625. The molecule has 1 aromatic rings. The quantitative estimate of drug-likeness (QED) is 0.898. The molecule has 2 unspecified atom stereocenters. The van der Waals surface area contributed by atoms with Crippen LogP contribution < -0.4 is 10.6 Å². The van der Waals surface area contributed by atoms with Gasteiger partial charge in [0.2, 0.25) is 0 Å². The number of nitrogens with zero attached hydrogens (tertiary/aromatic N) is 3. The average Bonchev–Trinajstić information content (AvgIpc) is 2.50. The van der Waals surface area contributed by atoms with Crippen LogP contribution in [0.3, 0.4) is 0 Å². The first-order valence-electron chi connectivity index (χ1n) is 7.82. The molecule has 3 rings (SSSR count). The highest BCUT2D eigenvalue weighted by Gasteiger charge is 2.31. The summed E-state index contributed by atoms with van der Waals surface area (Å²) in [5, 5.41) is 0.811. The van der Waals surface area contributed by atoms with Crippen molar-refractivity contribution in [3.63, 3.8) is 0 Å². The third kappa shape index (κ3) is 3.51. The van der Waals surface area contributed by atoms with E-state index in [2.05, 4.69) is 33.9 Å². The maximum atomic E-state index is 6.34. The molecular formula is C16H25ClN4. The Labute approximate surface area is 132 Å². The molecule has 0 amide bonds. The van der Waals surface area contributed by atoms with Gasteiger partial charge in [-0.15, -0.1) is 0 Å². The number of anilines is 1. The van der Waals surface area contributed by atoms with E-state index < -0.39 is 0 Å². The van der Waals surface area contributed by atoms with E-state index in [-0.39, 0.29) is 0 Å². The second-order valence-electron chi connectivity index (χ2n) is 6.29. The lowest BCUT2D eigenvalue weighted by molar-refractivity contribution is 0.0901. The largest absolute Gasteiger partial charge is 0.369 e. The molecule has 0 aliphatic carbocycles. The zero-order chi connectivity index (χ0) is 14.8. The third-order valence-corrected chi connectivity index (χ3v) is 5.03. The van der Waals surface area contributed by atoms with Gasteiger partial charge >= 0.3 is 0 Å². The molecule has 0 bridgehead atoms. The van der Waals surface area contributed by atoms with Crippen molar-refractivity contribution in [3.8, 4) is 0 Å². The first-order chi connectivity index (χ1) is 10.1. The van der Waals surface area contributed by atoms with Gasteiger partial charge in [-0.2, -0.15) is 0 Å². The average molecular weight is 309 g/mol. The molecule has 2 aliphatic rings. The molecule has 2 aliphatic heterocycles. The SMILES string of the molecule is CN1CCC(N)C(N2CCN(c3cccc(Cl)c3)CC2)C1. The van der Waals surface area contributed by atoms with Crippen LogP contribution in [0.15, 0.2) is 24.3 Å². The monoisotopic (exact) mass is 308 g/mol. The maximum absolute atomic E-state index is 6.34. The number of rotatable bonds is 2. The Bertz CT molecular complexity index is 473. The number of piperazine rings is 1. The Hall–Kier alpha value is -0.810. The number of benzene rings is 1. The number of halogens is 1. The van der Waals surface area contributed by atoms with Crippen LogP contribution in [-0.4, -0.2) is 68.2 Å². The summed E-state index contributed by atoms with van der Waals surface area (Å²) in [6, 6.07) is 8.97. The molecule has 0 spiro atoms. The molecule has 5 heteroatoms. The van der Waals surface area contributed by atoms with Crippen molar-refractivity contribution >= 4 is 17.3 Å². The Morgan fingerprint density at radius 1 is 1.14 bits per heavy atom. The second kappa shape index (κ2) is 6.53. The summed E-state index contributed by atoms with van der Waals surface area (Å²) in [6.07, 6.45) is 1.11. The fourth-order valence-electron chi connectivity index (χ4n) is 3.48. The summed E-state index contributed by atoms with van der Waals surface area (Å²) in [4.78, 5) is 7.39. The summed E-state index contributed by atoms with van der Waals surface area (Å²) < 4.78 is 0. The minimum Gasteiger partial charge on any atom is -0.369 e. The maximum Gasteiger partial charge on any atom is 0.0426 e. The molecule has 2 heterocycles. The van der Waals surface area contributed by atoms with E-state index in [0.29, 0.717) is 12.1 Å². The molecule has 116 valence electrons. The van der Waals surface area contributed by atoms with Gasteiger partial charge < -0.3 is 15.5 Å². The predicted molar refractivity (Wildman–Crippen MR) is 89.1 cm³/mol. The minimum absolute atomic E-state index is 0.318. The second-order valence-corrected chi connectivity index (χ2v) is 6.72. The first-order valence-corrected chi connectivity index (χ1v) is 8.20. The van der Waals surface area contributed by atoms with Crippen LogP contribution in [0.1, 0.15) is 6.42 Å². The first kappa shape index (κ1) is 15.1. The highest BCUT2D eigenvalue weighted by Crippen LogP contribution is 2.22. The third-order valence-electron chi connectivity index (χ3n) is 4.79. The van der Waals surface area contributed by atoms with Gasteiger partial charge in [-0.25, -0.2) is 0 Å². The molecule has 2 N–H and O–H groups in total. The summed E-state index contributed by atoms with van der Waals surface area (Å²) in [5.41, 5.74) is 7.57. The van der Waals surface area contributed by atoms with E-state index in [1.54, 1.807) is 0 Å². The van der Waals surface area contributed by atoms with Crippen molar-refractivity contribution in [2.75, 3.05) is 51.2 Å². The topological polar surface area (TPSA) is 35.7 Å². The molecule has 0 radical (unpaired) electrons. The van der Waals surface area contributed by atoms with E-state index in [4.69, 9.17) is 17.3 Å². The van der Waals surface area contributed by atoms with Crippen molar-refractivity contribution in [3.05, 3.63) is 29.3 Å². The molecule has 0 saturated carbocycles. The highest BCUT2D eigenvalue weighted by atomic mass is 35.5. The Kier molecular flexibility index (Phi) is 4.69. The lowest BCUT2D eigenvalue weighted by atomic mass is 9.98. The van der Waals surface area contributed by atoms with Crippen LogP contribution in [0, 0.1) is 0 Å². The number of nitrogens with two attached hydrogens (primary N) is 1. The number of piperidine rings is 1. The van der Waals surface area contributed by atoms with Gasteiger partial charge in [0.1, 0.15) is 0 Å². The van der Waals surface area contributed by atoms with E-state index in [9.17, 15) is 0 Å². The van der Waals surface area contributed by atoms with Crippen molar-refractivity contribution in [1.29, 1.82) is 0 Å². The Morgan fingerprint density at radius 2 is 1.90 bits per heavy atom. The number of hydrogen-bond donors (Lipinski definition) is 1. The summed E-state index contributed by atoms with van der Waals surface area (Å²) in [7, 11) is 2.20. The van der Waals surface area contributed by atoms with Crippen LogP contribution in [0.5, 0.6) is 0 Å². The number of likely N-dealkylation sites (N-methyl/N-ethyl adjacent to an activating group) is 1. The standard InChI is InChI=1S/C16H25ClN4/c1-19-6-5-15(18)16(12-19)21-9-7-20(8-10-21)14-4-2-3-13(17)11-14/h2-4,11,15-16H,5-10,12,18H2,1H3. The van der Waals surface area contributed by atoms with Gasteiger partial charge in [-0.1, -0.05) is 17.7 Å². The van der Waals surface area contributed by atoms with Crippen LogP contribution in [0.4, 0.5) is 5.69 Å². The van der Waals surface area contributed by atoms with Gasteiger partial charge in [0.05, 0.1) is 0 Å². The smallest absolute Gasteiger partial charge is 0.0426 e. The van der Waals surface area contributed by atoms with Gasteiger partial charge in [-0.05, 0) is 38.2 Å². The van der Waals surface area contributed by atoms with Crippen molar-refractivity contribution in [2.24, 2.45) is 5.73 Å². The molecule has 2 saturated heterocycles. The highest BCUT2D eigenvalue weighted by molar-refractivity contribution is 6.30. The van der Waals surface area contributed by atoms with Crippen LogP contribution in [0.2, 0.25) is 5.02 Å². The fourth-order valence-corrected chi connectivity index (χ4v) is 3.66. The van der Waals surface area contributed by atoms with Crippen LogP contribution >= 0.6 is 11.6 Å². The van der Waals surface area contributed by atoms with E-state index in [1.165, 1.54) is 5.69 Å². The number of hydrogen-bond acceptors (Lipinski definition) is 4. The minimum atomic E-state index is 0.318. The van der Waals surface area contributed by atoms with Crippen molar-refractivity contribution in [1.82, 2.24) is 9.80 Å². The lowest BCUT2D eigenvalue weighted by Gasteiger charge is -2.45. The predicted octanol–water partition coefficient (Wildman–Crippen LogP) is 1.49. The molecule has 2 fully saturated rings. The van der Waals surface area contributed by atoms with Crippen molar-refractivity contribution in [2.45, 2.75) is 18.5 Å². The van der Waals surface area contributed by atoms with Gasteiger partial charge in [0.15, 0.2) is 0 Å². The summed E-state index contributed by atoms with van der Waals surface area (Å²) in [6.45, 7) is 6.48. The van der Waals surface area contributed by atoms with Crippen LogP contribution in [0.25, 0.3) is 0 Å². The van der Waals surface area contributed by atoms with Crippen LogP contribution in [-0.2, 0) is 0 Å². The molecule has 21 heavy (non-hydrogen) atoms. The Morgan fingerprint density at radius 3 is 2.62 bits per heavy atom. The van der Waals surface area contributed by atoms with E-state index in [1.807, 2.05) is 12.1 Å². The number of likely N-dealkylation sites (tertiary alicyclic amines) is 1. The van der Waals surface area contributed by atoms with Gasteiger partial charge in [-0.3, -0.25) is 4.90 Å². The zero-order valence-corrected chi connectivity index (χ0v) is 13.5. The Balaban J connectivity index is 1.60. The van der Waals surface area contributed by atoms with Gasteiger partial charge in [0, 0.05) is 55.5 Å². The molecular weight excluding hydrogens is 284 g/mol. The normalized spacial score (nSPS) is 28.8. The summed E-state index contributed by atoms with van der Waals surface area (Å²) in [5.74, 6) is 0.